The molecular formula is C17H29NO2S. The lowest BCUT2D eigenvalue weighted by Gasteiger charge is -2.16. The zero-order valence-electron chi connectivity index (χ0n) is 13.8. The third kappa shape index (κ3) is 5.79. The molecule has 0 spiro atoms. The van der Waals surface area contributed by atoms with Gasteiger partial charge in [0.05, 0.1) is 10.6 Å². The maximum Gasteiger partial charge on any atom is 0.178 e. The molecule has 0 fully saturated rings. The van der Waals surface area contributed by atoms with Crippen LogP contribution in [0.3, 0.4) is 0 Å². The molecule has 0 amide bonds. The van der Waals surface area contributed by atoms with Gasteiger partial charge in [0.2, 0.25) is 0 Å². The number of rotatable bonds is 9. The number of nitrogens with one attached hydrogen (secondary N) is 1. The highest BCUT2D eigenvalue weighted by atomic mass is 32.2. The Labute approximate surface area is 130 Å². The van der Waals surface area contributed by atoms with E-state index < -0.39 is 9.84 Å². The van der Waals surface area contributed by atoms with Crippen LogP contribution in [0.25, 0.3) is 0 Å². The molecule has 0 heterocycles. The molecule has 0 aliphatic rings. The van der Waals surface area contributed by atoms with Crippen LogP contribution >= 0.6 is 0 Å². The van der Waals surface area contributed by atoms with Crippen molar-refractivity contribution in [1.29, 1.82) is 0 Å². The number of aryl methyl sites for hydroxylation is 2. The van der Waals surface area contributed by atoms with Crippen LogP contribution in [0.15, 0.2) is 23.1 Å². The van der Waals surface area contributed by atoms with Gasteiger partial charge in [-0.05, 0) is 69.3 Å². The quantitative estimate of drug-likeness (QED) is 0.757. The molecule has 0 saturated carbocycles. The van der Waals surface area contributed by atoms with Gasteiger partial charge in [-0.3, -0.25) is 0 Å². The van der Waals surface area contributed by atoms with E-state index in [1.807, 2.05) is 19.9 Å². The van der Waals surface area contributed by atoms with Crippen LogP contribution in [0.1, 0.15) is 50.7 Å². The standard InChI is InChI=1S/C17H29NO2S/c1-5-11-18-16(6-2)8-7-12-21(19,20)17-10-9-14(3)15(4)13-17/h9-10,13,16,18H,5-8,11-12H2,1-4H3. The monoisotopic (exact) mass is 311 g/mol. The first-order valence-corrected chi connectivity index (χ1v) is 9.59. The summed E-state index contributed by atoms with van der Waals surface area (Å²) in [6.07, 6.45) is 3.78. The van der Waals surface area contributed by atoms with Crippen molar-refractivity contribution in [2.45, 2.75) is 64.3 Å². The van der Waals surface area contributed by atoms with E-state index in [1.165, 1.54) is 0 Å². The molecule has 1 aromatic carbocycles. The normalized spacial score (nSPS) is 13.3. The molecule has 3 nitrogen and oxygen atoms in total. The predicted octanol–water partition coefficient (Wildman–Crippen LogP) is 3.64. The van der Waals surface area contributed by atoms with Gasteiger partial charge in [-0.15, -0.1) is 0 Å². The molecule has 1 atom stereocenters. The Morgan fingerprint density at radius 2 is 1.86 bits per heavy atom. The Kier molecular flexibility index (Phi) is 7.40. The van der Waals surface area contributed by atoms with Crippen LogP contribution in [-0.2, 0) is 9.84 Å². The van der Waals surface area contributed by atoms with Crippen molar-refractivity contribution in [3.05, 3.63) is 29.3 Å². The van der Waals surface area contributed by atoms with Crippen LogP contribution in [0.5, 0.6) is 0 Å². The van der Waals surface area contributed by atoms with Gasteiger partial charge in [0.25, 0.3) is 0 Å². The van der Waals surface area contributed by atoms with Crippen LogP contribution < -0.4 is 5.32 Å². The number of hydrogen-bond donors (Lipinski definition) is 1. The van der Waals surface area contributed by atoms with Crippen molar-refractivity contribution in [3.63, 3.8) is 0 Å². The summed E-state index contributed by atoms with van der Waals surface area (Å²) in [7, 11) is -3.15. The summed E-state index contributed by atoms with van der Waals surface area (Å²) >= 11 is 0. The minimum atomic E-state index is -3.15. The van der Waals surface area contributed by atoms with Gasteiger partial charge in [0, 0.05) is 6.04 Å². The largest absolute Gasteiger partial charge is 0.314 e. The zero-order chi connectivity index (χ0) is 15.9. The molecule has 1 rings (SSSR count). The molecule has 1 N–H and O–H groups in total. The molecule has 0 aromatic heterocycles. The highest BCUT2D eigenvalue weighted by molar-refractivity contribution is 7.91. The highest BCUT2D eigenvalue weighted by Gasteiger charge is 2.16. The maximum atomic E-state index is 12.4. The van der Waals surface area contributed by atoms with Gasteiger partial charge in [0.15, 0.2) is 9.84 Å². The van der Waals surface area contributed by atoms with Crippen molar-refractivity contribution < 1.29 is 8.42 Å². The van der Waals surface area contributed by atoms with Crippen LogP contribution in [0.4, 0.5) is 0 Å². The molecule has 120 valence electrons. The maximum absolute atomic E-state index is 12.4. The van der Waals surface area contributed by atoms with Gasteiger partial charge in [-0.2, -0.15) is 0 Å². The first-order valence-electron chi connectivity index (χ1n) is 7.94. The van der Waals surface area contributed by atoms with Gasteiger partial charge in [-0.25, -0.2) is 8.42 Å². The minimum Gasteiger partial charge on any atom is -0.314 e. The number of benzene rings is 1. The summed E-state index contributed by atoms with van der Waals surface area (Å²) in [4.78, 5) is 0.458. The average Bonchev–Trinajstić information content (AvgIpc) is 2.45. The molecule has 0 saturated heterocycles. The van der Waals surface area contributed by atoms with Crippen LogP contribution in [0, 0.1) is 13.8 Å². The Bertz CT molecular complexity index is 538. The molecule has 0 radical (unpaired) electrons. The van der Waals surface area contributed by atoms with E-state index >= 15 is 0 Å². The summed E-state index contributed by atoms with van der Waals surface area (Å²) in [5.41, 5.74) is 2.16. The fraction of sp³-hybridized carbons (Fsp3) is 0.647. The number of hydrogen-bond acceptors (Lipinski definition) is 3. The fourth-order valence-corrected chi connectivity index (χ4v) is 3.76. The fourth-order valence-electron chi connectivity index (χ4n) is 2.34. The lowest BCUT2D eigenvalue weighted by molar-refractivity contribution is 0.463. The molecule has 0 aliphatic heterocycles. The lowest BCUT2D eigenvalue weighted by atomic mass is 10.1. The molecular weight excluding hydrogens is 282 g/mol. The Balaban J connectivity index is 2.58. The molecule has 0 aliphatic carbocycles. The van der Waals surface area contributed by atoms with E-state index in [0.29, 0.717) is 17.4 Å². The molecule has 21 heavy (non-hydrogen) atoms. The smallest absolute Gasteiger partial charge is 0.178 e. The summed E-state index contributed by atoms with van der Waals surface area (Å²) in [6.45, 7) is 9.24. The number of sulfone groups is 1. The lowest BCUT2D eigenvalue weighted by Crippen LogP contribution is -2.29. The molecule has 1 aromatic rings. The second-order valence-corrected chi connectivity index (χ2v) is 7.88. The first-order chi connectivity index (χ1) is 9.90. The Morgan fingerprint density at radius 1 is 1.14 bits per heavy atom. The van der Waals surface area contributed by atoms with E-state index in [2.05, 4.69) is 19.2 Å². The first kappa shape index (κ1) is 18.2. The zero-order valence-corrected chi connectivity index (χ0v) is 14.6. The van der Waals surface area contributed by atoms with Gasteiger partial charge < -0.3 is 5.32 Å². The van der Waals surface area contributed by atoms with Crippen molar-refractivity contribution in [2.24, 2.45) is 0 Å². The molecule has 0 bridgehead atoms. The van der Waals surface area contributed by atoms with E-state index in [9.17, 15) is 8.42 Å². The van der Waals surface area contributed by atoms with Crippen molar-refractivity contribution in [2.75, 3.05) is 12.3 Å². The van der Waals surface area contributed by atoms with Crippen molar-refractivity contribution in [1.82, 2.24) is 5.32 Å². The highest BCUT2D eigenvalue weighted by Crippen LogP contribution is 2.17. The average molecular weight is 311 g/mol. The SMILES string of the molecule is CCCNC(CC)CCCS(=O)(=O)c1ccc(C)c(C)c1. The van der Waals surface area contributed by atoms with Crippen molar-refractivity contribution >= 4 is 9.84 Å². The predicted molar refractivity (Wildman–Crippen MR) is 89.6 cm³/mol. The van der Waals surface area contributed by atoms with Crippen molar-refractivity contribution in [3.8, 4) is 0 Å². The Morgan fingerprint density at radius 3 is 2.43 bits per heavy atom. The van der Waals surface area contributed by atoms with E-state index in [-0.39, 0.29) is 5.75 Å². The van der Waals surface area contributed by atoms with E-state index in [1.54, 1.807) is 12.1 Å². The molecule has 1 unspecified atom stereocenters. The van der Waals surface area contributed by atoms with E-state index in [0.717, 1.165) is 36.9 Å². The third-order valence-corrected chi connectivity index (χ3v) is 5.78. The van der Waals surface area contributed by atoms with Gasteiger partial charge in [-0.1, -0.05) is 19.9 Å². The molecule has 4 heteroatoms. The van der Waals surface area contributed by atoms with Crippen LogP contribution in [-0.4, -0.2) is 26.8 Å². The van der Waals surface area contributed by atoms with Gasteiger partial charge >= 0.3 is 0 Å². The summed E-state index contributed by atoms with van der Waals surface area (Å²) in [5, 5.41) is 3.47. The minimum absolute atomic E-state index is 0.236. The Hall–Kier alpha value is -0.870. The second kappa shape index (κ2) is 8.54. The van der Waals surface area contributed by atoms with Crippen LogP contribution in [0.2, 0.25) is 0 Å². The summed E-state index contributed by atoms with van der Waals surface area (Å²) in [5.74, 6) is 0.236. The summed E-state index contributed by atoms with van der Waals surface area (Å²) < 4.78 is 24.7. The third-order valence-electron chi connectivity index (χ3n) is 3.98. The summed E-state index contributed by atoms with van der Waals surface area (Å²) in [6, 6.07) is 5.83. The second-order valence-electron chi connectivity index (χ2n) is 5.77. The van der Waals surface area contributed by atoms with E-state index in [4.69, 9.17) is 0 Å². The van der Waals surface area contributed by atoms with Gasteiger partial charge in [0.1, 0.15) is 0 Å². The topological polar surface area (TPSA) is 46.2 Å².